The molecule has 3 aromatic rings. The van der Waals surface area contributed by atoms with Crippen molar-refractivity contribution in [2.45, 2.75) is 18.9 Å². The number of hydrogen-bond donors (Lipinski definition) is 1. The second kappa shape index (κ2) is 4.79. The summed E-state index contributed by atoms with van der Waals surface area (Å²) in [6, 6.07) is 20.4. The van der Waals surface area contributed by atoms with Crippen molar-refractivity contribution < 1.29 is 5.11 Å². The predicted molar refractivity (Wildman–Crippen MR) is 87.6 cm³/mol. The molecule has 2 aromatic carbocycles. The first kappa shape index (κ1) is 13.2. The van der Waals surface area contributed by atoms with Crippen LogP contribution in [-0.2, 0) is 12.0 Å². The number of fused-ring (bicyclic) bond motifs is 3. The maximum Gasteiger partial charge on any atom is 0.129 e. The number of hydrogen-bond acceptors (Lipinski definition) is 2. The summed E-state index contributed by atoms with van der Waals surface area (Å²) >= 11 is 0. The molecule has 0 radical (unpaired) electrons. The maximum absolute atomic E-state index is 10.9. The second-order valence-corrected chi connectivity index (χ2v) is 5.99. The van der Waals surface area contributed by atoms with Crippen molar-refractivity contribution in [3.8, 4) is 11.1 Å². The number of rotatable bonds is 2. The van der Waals surface area contributed by atoms with Gasteiger partial charge in [0.05, 0.1) is 5.69 Å². The van der Waals surface area contributed by atoms with Crippen LogP contribution in [-0.4, -0.2) is 10.1 Å². The fourth-order valence-corrected chi connectivity index (χ4v) is 3.25. The molecule has 108 valence electrons. The van der Waals surface area contributed by atoms with Crippen LogP contribution in [0.5, 0.6) is 0 Å². The molecular weight excluding hydrogens is 270 g/mol. The number of aliphatic hydroxyl groups is 1. The Morgan fingerprint density at radius 3 is 2.50 bits per heavy atom. The van der Waals surface area contributed by atoms with E-state index in [4.69, 9.17) is 0 Å². The number of nitrogens with zero attached hydrogens (tertiary/aromatic N) is 1. The van der Waals surface area contributed by atoms with Gasteiger partial charge in [-0.25, -0.2) is 0 Å². The molecule has 22 heavy (non-hydrogen) atoms. The van der Waals surface area contributed by atoms with Crippen molar-refractivity contribution in [2.24, 2.45) is 0 Å². The Morgan fingerprint density at radius 2 is 1.68 bits per heavy atom. The third-order valence-corrected chi connectivity index (χ3v) is 4.52. The summed E-state index contributed by atoms with van der Waals surface area (Å²) in [6.07, 6.45) is 2.64. The first-order valence-electron chi connectivity index (χ1n) is 7.52. The van der Waals surface area contributed by atoms with Crippen LogP contribution in [0, 0.1) is 0 Å². The fourth-order valence-electron chi connectivity index (χ4n) is 3.25. The Balaban J connectivity index is 1.79. The van der Waals surface area contributed by atoms with Gasteiger partial charge >= 0.3 is 0 Å². The van der Waals surface area contributed by atoms with E-state index < -0.39 is 5.60 Å². The minimum Gasteiger partial charge on any atom is -0.379 e. The Labute approximate surface area is 130 Å². The number of aromatic nitrogens is 1. The van der Waals surface area contributed by atoms with Gasteiger partial charge in [-0.05, 0) is 53.3 Å². The van der Waals surface area contributed by atoms with Crippen LogP contribution < -0.4 is 0 Å². The monoisotopic (exact) mass is 287 g/mol. The van der Waals surface area contributed by atoms with Crippen molar-refractivity contribution in [2.75, 3.05) is 0 Å². The molecule has 0 spiro atoms. The average molecular weight is 287 g/mol. The number of benzene rings is 2. The molecule has 0 bridgehead atoms. The zero-order chi connectivity index (χ0) is 15.2. The molecule has 1 N–H and O–H groups in total. The molecule has 0 saturated heterocycles. The first-order valence-corrected chi connectivity index (χ1v) is 7.52. The molecule has 0 amide bonds. The van der Waals surface area contributed by atoms with Crippen LogP contribution in [0.1, 0.15) is 29.3 Å². The van der Waals surface area contributed by atoms with Gasteiger partial charge in [-0.3, -0.25) is 4.98 Å². The lowest BCUT2D eigenvalue weighted by Crippen LogP contribution is -2.24. The minimum atomic E-state index is -1.08. The fraction of sp³-hybridized carbons (Fsp3) is 0.150. The van der Waals surface area contributed by atoms with E-state index in [0.717, 1.165) is 12.0 Å². The Kier molecular flexibility index (Phi) is 2.88. The maximum atomic E-state index is 10.9. The first-order chi connectivity index (χ1) is 10.7. The van der Waals surface area contributed by atoms with E-state index in [1.54, 1.807) is 13.1 Å². The van der Waals surface area contributed by atoms with Gasteiger partial charge in [0.1, 0.15) is 5.60 Å². The molecule has 2 heteroatoms. The van der Waals surface area contributed by atoms with Gasteiger partial charge in [-0.2, -0.15) is 0 Å². The van der Waals surface area contributed by atoms with E-state index in [1.165, 1.54) is 22.3 Å². The number of pyridine rings is 1. The van der Waals surface area contributed by atoms with E-state index in [1.807, 2.05) is 24.3 Å². The SMILES string of the molecule is C[C@](O)(c1ccc2c(c1)Cc1ccccc1-2)c1ccccn1. The summed E-state index contributed by atoms with van der Waals surface area (Å²) in [5.74, 6) is 0. The van der Waals surface area contributed by atoms with Gasteiger partial charge in [0, 0.05) is 6.20 Å². The van der Waals surface area contributed by atoms with Crippen LogP contribution in [0.2, 0.25) is 0 Å². The van der Waals surface area contributed by atoms with Gasteiger partial charge in [0.2, 0.25) is 0 Å². The molecule has 0 fully saturated rings. The molecule has 0 aliphatic heterocycles. The van der Waals surface area contributed by atoms with Gasteiger partial charge < -0.3 is 5.11 Å². The summed E-state index contributed by atoms with van der Waals surface area (Å²) in [5.41, 5.74) is 5.69. The summed E-state index contributed by atoms with van der Waals surface area (Å²) in [7, 11) is 0. The minimum absolute atomic E-state index is 0.672. The molecule has 1 aliphatic carbocycles. The molecule has 1 heterocycles. The molecule has 1 aliphatic rings. The smallest absolute Gasteiger partial charge is 0.129 e. The van der Waals surface area contributed by atoms with E-state index in [2.05, 4.69) is 41.4 Å². The van der Waals surface area contributed by atoms with Crippen LogP contribution >= 0.6 is 0 Å². The summed E-state index contributed by atoms with van der Waals surface area (Å²) in [4.78, 5) is 4.31. The predicted octanol–water partition coefficient (Wildman–Crippen LogP) is 3.91. The summed E-state index contributed by atoms with van der Waals surface area (Å²) < 4.78 is 0. The highest BCUT2D eigenvalue weighted by Crippen LogP contribution is 2.39. The topological polar surface area (TPSA) is 33.1 Å². The second-order valence-electron chi connectivity index (χ2n) is 5.99. The molecule has 2 nitrogen and oxygen atoms in total. The third kappa shape index (κ3) is 1.96. The largest absolute Gasteiger partial charge is 0.379 e. The van der Waals surface area contributed by atoms with E-state index in [9.17, 15) is 5.11 Å². The highest BCUT2D eigenvalue weighted by atomic mass is 16.3. The van der Waals surface area contributed by atoms with Gasteiger partial charge in [-0.1, -0.05) is 48.5 Å². The third-order valence-electron chi connectivity index (χ3n) is 4.52. The van der Waals surface area contributed by atoms with Gasteiger partial charge in [0.15, 0.2) is 0 Å². The van der Waals surface area contributed by atoms with Gasteiger partial charge in [-0.15, -0.1) is 0 Å². The normalized spacial score (nSPS) is 15.0. The lowest BCUT2D eigenvalue weighted by molar-refractivity contribution is 0.0973. The zero-order valence-corrected chi connectivity index (χ0v) is 12.5. The quantitative estimate of drug-likeness (QED) is 0.606. The standard InChI is InChI=1S/C20H17NO/c1-20(22,19-8-4-5-11-21-19)16-9-10-18-15(13-16)12-14-6-2-3-7-17(14)18/h2-11,13,22H,12H2,1H3/t20-/m0/s1. The molecule has 0 saturated carbocycles. The van der Waals surface area contributed by atoms with Crippen molar-refractivity contribution in [1.82, 2.24) is 4.98 Å². The van der Waals surface area contributed by atoms with Crippen LogP contribution in [0.15, 0.2) is 66.9 Å². The van der Waals surface area contributed by atoms with Gasteiger partial charge in [0.25, 0.3) is 0 Å². The van der Waals surface area contributed by atoms with Crippen molar-refractivity contribution in [1.29, 1.82) is 0 Å². The molecular formula is C20H17NO. The van der Waals surface area contributed by atoms with E-state index in [-0.39, 0.29) is 0 Å². The highest BCUT2D eigenvalue weighted by molar-refractivity contribution is 5.77. The van der Waals surface area contributed by atoms with Crippen molar-refractivity contribution in [3.05, 3.63) is 89.2 Å². The van der Waals surface area contributed by atoms with Crippen LogP contribution in [0.3, 0.4) is 0 Å². The Bertz CT molecular complexity index is 837. The lowest BCUT2D eigenvalue weighted by atomic mass is 9.89. The van der Waals surface area contributed by atoms with Crippen LogP contribution in [0.4, 0.5) is 0 Å². The van der Waals surface area contributed by atoms with E-state index >= 15 is 0 Å². The molecule has 4 rings (SSSR count). The highest BCUT2D eigenvalue weighted by Gasteiger charge is 2.29. The Hall–Kier alpha value is -2.45. The molecule has 1 aromatic heterocycles. The van der Waals surface area contributed by atoms with E-state index in [0.29, 0.717) is 5.69 Å². The van der Waals surface area contributed by atoms with Crippen LogP contribution in [0.25, 0.3) is 11.1 Å². The molecule has 0 unspecified atom stereocenters. The lowest BCUT2D eigenvalue weighted by Gasteiger charge is -2.24. The zero-order valence-electron chi connectivity index (χ0n) is 12.5. The average Bonchev–Trinajstić information content (AvgIpc) is 2.93. The molecule has 1 atom stereocenters. The van der Waals surface area contributed by atoms with Crippen molar-refractivity contribution in [3.63, 3.8) is 0 Å². The van der Waals surface area contributed by atoms with Crippen molar-refractivity contribution >= 4 is 0 Å². The summed E-state index contributed by atoms with van der Waals surface area (Å²) in [6.45, 7) is 1.80. The summed E-state index contributed by atoms with van der Waals surface area (Å²) in [5, 5.41) is 10.9. The Morgan fingerprint density at radius 1 is 0.909 bits per heavy atom.